The molecular weight excluding hydrogens is 307 g/mol. The van der Waals surface area contributed by atoms with Gasteiger partial charge >= 0.3 is 0 Å². The predicted molar refractivity (Wildman–Crippen MR) is 91.8 cm³/mol. The molecule has 1 fully saturated rings. The molecule has 0 aliphatic carbocycles. The van der Waals surface area contributed by atoms with Gasteiger partial charge in [0.15, 0.2) is 0 Å². The molecule has 0 bridgehead atoms. The molecule has 1 N–H and O–H groups in total. The maximum Gasteiger partial charge on any atom is 0.124 e. The average Bonchev–Trinajstić information content (AvgIpc) is 2.48. The van der Waals surface area contributed by atoms with Crippen LogP contribution in [0.4, 0.5) is 0 Å². The van der Waals surface area contributed by atoms with Gasteiger partial charge < -0.3 is 10.1 Å². The van der Waals surface area contributed by atoms with Gasteiger partial charge in [-0.2, -0.15) is 0 Å². The Bertz CT molecular complexity index is 421. The molecule has 5 heteroatoms. The lowest BCUT2D eigenvalue weighted by atomic mass is 9.96. The number of piperidine rings is 1. The van der Waals surface area contributed by atoms with Crippen molar-refractivity contribution >= 4 is 24.0 Å². The molecule has 0 unspecified atom stereocenters. The van der Waals surface area contributed by atoms with Crippen LogP contribution in [0, 0.1) is 5.92 Å². The third-order valence-corrected chi connectivity index (χ3v) is 4.42. The molecule has 120 valence electrons. The molecule has 21 heavy (non-hydrogen) atoms. The van der Waals surface area contributed by atoms with Crippen LogP contribution in [0.25, 0.3) is 0 Å². The molecule has 1 aromatic carbocycles. The minimum atomic E-state index is 0. The molecule has 1 aromatic rings. The first-order valence-electron chi connectivity index (χ1n) is 7.49. The normalized spacial score (nSPS) is 16.5. The van der Waals surface area contributed by atoms with Crippen molar-refractivity contribution in [1.29, 1.82) is 0 Å². The van der Waals surface area contributed by atoms with E-state index in [-0.39, 0.29) is 12.4 Å². The summed E-state index contributed by atoms with van der Waals surface area (Å²) in [7, 11) is 1.71. The summed E-state index contributed by atoms with van der Waals surface area (Å²) in [5.41, 5.74) is 1.11. The van der Waals surface area contributed by atoms with Crippen LogP contribution in [0.2, 0.25) is 5.02 Å². The number of ether oxygens (including phenoxy) is 1. The Kier molecular flexibility index (Phi) is 8.42. The van der Waals surface area contributed by atoms with Crippen molar-refractivity contribution < 1.29 is 4.74 Å². The summed E-state index contributed by atoms with van der Waals surface area (Å²) in [6, 6.07) is 5.86. The maximum absolute atomic E-state index is 6.31. The van der Waals surface area contributed by atoms with E-state index in [2.05, 4.69) is 17.1 Å². The van der Waals surface area contributed by atoms with Crippen molar-refractivity contribution in [1.82, 2.24) is 10.2 Å². The number of likely N-dealkylation sites (tertiary alicyclic amines) is 1. The van der Waals surface area contributed by atoms with E-state index in [4.69, 9.17) is 16.3 Å². The first-order valence-corrected chi connectivity index (χ1v) is 7.86. The molecule has 0 amide bonds. The minimum Gasteiger partial charge on any atom is -0.496 e. The monoisotopic (exact) mass is 332 g/mol. The summed E-state index contributed by atoms with van der Waals surface area (Å²) in [6.45, 7) is 7.56. The van der Waals surface area contributed by atoms with Gasteiger partial charge in [0.2, 0.25) is 0 Å². The minimum absolute atomic E-state index is 0. The van der Waals surface area contributed by atoms with E-state index in [1.807, 2.05) is 18.2 Å². The highest BCUT2D eigenvalue weighted by Gasteiger charge is 2.20. The molecule has 0 spiro atoms. The second-order valence-corrected chi connectivity index (χ2v) is 5.86. The molecule has 3 nitrogen and oxygen atoms in total. The number of hydrogen-bond donors (Lipinski definition) is 1. The lowest BCUT2D eigenvalue weighted by Crippen LogP contribution is -2.37. The highest BCUT2D eigenvalue weighted by Crippen LogP contribution is 2.29. The standard InChI is InChI=1S/C16H25ClN2O.ClH/c1-3-18-11-13-7-9-19(10-8-13)12-14-15(17)5-4-6-16(14)20-2;/h4-6,13,18H,3,7-12H2,1-2H3;1H. The predicted octanol–water partition coefficient (Wildman–Crippen LogP) is 3.59. The fourth-order valence-corrected chi connectivity index (χ4v) is 3.03. The fraction of sp³-hybridized carbons (Fsp3) is 0.625. The van der Waals surface area contributed by atoms with Crippen LogP contribution in [0.5, 0.6) is 5.75 Å². The van der Waals surface area contributed by atoms with Gasteiger partial charge in [-0.1, -0.05) is 24.6 Å². The van der Waals surface area contributed by atoms with E-state index in [0.717, 1.165) is 55.0 Å². The van der Waals surface area contributed by atoms with Crippen LogP contribution in [-0.4, -0.2) is 38.2 Å². The Balaban J connectivity index is 0.00000220. The first-order chi connectivity index (χ1) is 9.74. The van der Waals surface area contributed by atoms with Gasteiger partial charge in [0.05, 0.1) is 7.11 Å². The zero-order chi connectivity index (χ0) is 14.4. The lowest BCUT2D eigenvalue weighted by Gasteiger charge is -2.32. The molecule has 0 saturated carbocycles. The van der Waals surface area contributed by atoms with E-state index < -0.39 is 0 Å². The van der Waals surface area contributed by atoms with E-state index in [0.29, 0.717) is 0 Å². The Morgan fingerprint density at radius 2 is 2.05 bits per heavy atom. The van der Waals surface area contributed by atoms with Gasteiger partial charge in [0, 0.05) is 17.1 Å². The number of rotatable bonds is 6. The third kappa shape index (κ3) is 5.33. The zero-order valence-corrected chi connectivity index (χ0v) is 14.5. The van der Waals surface area contributed by atoms with Crippen LogP contribution in [0.3, 0.4) is 0 Å². The van der Waals surface area contributed by atoms with Crippen molar-refractivity contribution in [2.75, 3.05) is 33.3 Å². The van der Waals surface area contributed by atoms with Crippen molar-refractivity contribution in [3.8, 4) is 5.75 Å². The van der Waals surface area contributed by atoms with Gasteiger partial charge in [0.1, 0.15) is 5.75 Å². The van der Waals surface area contributed by atoms with Gasteiger partial charge in [-0.25, -0.2) is 0 Å². The molecular formula is C16H26Cl2N2O. The lowest BCUT2D eigenvalue weighted by molar-refractivity contribution is 0.174. The Hall–Kier alpha value is -0.480. The summed E-state index contributed by atoms with van der Waals surface area (Å²) >= 11 is 6.31. The van der Waals surface area contributed by atoms with Crippen LogP contribution in [0.1, 0.15) is 25.3 Å². The fourth-order valence-electron chi connectivity index (χ4n) is 2.80. The smallest absolute Gasteiger partial charge is 0.124 e. The largest absolute Gasteiger partial charge is 0.496 e. The Labute approximate surface area is 139 Å². The van der Waals surface area contributed by atoms with Gasteiger partial charge in [0.25, 0.3) is 0 Å². The van der Waals surface area contributed by atoms with E-state index >= 15 is 0 Å². The molecule has 0 aromatic heterocycles. The van der Waals surface area contributed by atoms with Crippen molar-refractivity contribution in [3.63, 3.8) is 0 Å². The van der Waals surface area contributed by atoms with Crippen molar-refractivity contribution in [2.45, 2.75) is 26.3 Å². The molecule has 1 aliphatic heterocycles. The third-order valence-electron chi connectivity index (χ3n) is 4.07. The Morgan fingerprint density at radius 1 is 1.33 bits per heavy atom. The molecule has 2 rings (SSSR count). The van der Waals surface area contributed by atoms with Gasteiger partial charge in [-0.15, -0.1) is 12.4 Å². The van der Waals surface area contributed by atoms with Crippen LogP contribution in [0.15, 0.2) is 18.2 Å². The van der Waals surface area contributed by atoms with Crippen LogP contribution < -0.4 is 10.1 Å². The summed E-state index contributed by atoms with van der Waals surface area (Å²) in [5, 5.41) is 4.25. The van der Waals surface area contributed by atoms with E-state index in [9.17, 15) is 0 Å². The van der Waals surface area contributed by atoms with Crippen LogP contribution in [-0.2, 0) is 6.54 Å². The average molecular weight is 333 g/mol. The number of hydrogen-bond acceptors (Lipinski definition) is 3. The molecule has 1 aliphatic rings. The van der Waals surface area contributed by atoms with E-state index in [1.54, 1.807) is 7.11 Å². The summed E-state index contributed by atoms with van der Waals surface area (Å²) in [6.07, 6.45) is 2.53. The summed E-state index contributed by atoms with van der Waals surface area (Å²) < 4.78 is 5.42. The summed E-state index contributed by atoms with van der Waals surface area (Å²) in [4.78, 5) is 2.48. The zero-order valence-electron chi connectivity index (χ0n) is 12.9. The molecule has 0 radical (unpaired) electrons. The second kappa shape index (κ2) is 9.52. The van der Waals surface area contributed by atoms with Crippen molar-refractivity contribution in [3.05, 3.63) is 28.8 Å². The van der Waals surface area contributed by atoms with Crippen LogP contribution >= 0.6 is 24.0 Å². The number of halogens is 2. The maximum atomic E-state index is 6.31. The SMILES string of the molecule is CCNCC1CCN(Cc2c(Cl)cccc2OC)CC1.Cl. The topological polar surface area (TPSA) is 24.5 Å². The quantitative estimate of drug-likeness (QED) is 0.861. The van der Waals surface area contributed by atoms with E-state index in [1.165, 1.54) is 12.8 Å². The highest BCUT2D eigenvalue weighted by molar-refractivity contribution is 6.31. The number of benzene rings is 1. The molecule has 1 saturated heterocycles. The molecule has 1 heterocycles. The second-order valence-electron chi connectivity index (χ2n) is 5.45. The highest BCUT2D eigenvalue weighted by atomic mass is 35.5. The number of nitrogens with zero attached hydrogens (tertiary/aromatic N) is 1. The number of methoxy groups -OCH3 is 1. The first kappa shape index (κ1) is 18.6. The van der Waals surface area contributed by atoms with Gasteiger partial charge in [-0.05, 0) is 57.1 Å². The summed E-state index contributed by atoms with van der Waals surface area (Å²) in [5.74, 6) is 1.71. The molecule has 0 atom stereocenters. The number of nitrogens with one attached hydrogen (secondary N) is 1. The van der Waals surface area contributed by atoms with Crippen molar-refractivity contribution in [2.24, 2.45) is 5.92 Å². The van der Waals surface area contributed by atoms with Gasteiger partial charge in [-0.3, -0.25) is 4.90 Å². The Morgan fingerprint density at radius 3 is 2.67 bits per heavy atom.